The number of nitrogens with one attached hydrogen (secondary N) is 2. The van der Waals surface area contributed by atoms with Gasteiger partial charge in [-0.15, -0.1) is 0 Å². The number of nitrogens with two attached hydrogens (primary N) is 2. The van der Waals surface area contributed by atoms with Gasteiger partial charge in [0.05, 0.1) is 42.5 Å². The predicted octanol–water partition coefficient (Wildman–Crippen LogP) is -2.09. The summed E-state index contributed by atoms with van der Waals surface area (Å²) >= 11 is 0. The topological polar surface area (TPSA) is 387 Å². The molecule has 0 spiro atoms. The van der Waals surface area contributed by atoms with Crippen LogP contribution in [0.25, 0.3) is 0 Å². The number of likely N-dealkylation sites (tertiary alicyclic amines) is 3. The second-order valence-electron chi connectivity index (χ2n) is 20.7. The smallest absolute Gasteiger partial charge is 0.248 e. The van der Waals surface area contributed by atoms with Crippen molar-refractivity contribution >= 4 is 41.2 Å². The summed E-state index contributed by atoms with van der Waals surface area (Å²) in [5.74, 6) is -7.99. The molecule has 0 radical (unpaired) electrons. The number of unbranched alkanes of at least 4 members (excludes halogenated alkanes) is 5. The summed E-state index contributed by atoms with van der Waals surface area (Å²) < 4.78 is 0. The van der Waals surface area contributed by atoms with E-state index in [2.05, 4.69) is 31.4 Å². The molecule has 15 N–H and O–H groups in total. The van der Waals surface area contributed by atoms with Gasteiger partial charge in [-0.1, -0.05) is 71.4 Å². The molecule has 0 aromatic heterocycles. The Balaban J connectivity index is 1.52. The summed E-state index contributed by atoms with van der Waals surface area (Å²) in [6, 6.07) is -3.50. The van der Waals surface area contributed by atoms with E-state index in [1.54, 1.807) is 0 Å². The van der Waals surface area contributed by atoms with Crippen LogP contribution in [0.2, 0.25) is 0 Å². The van der Waals surface area contributed by atoms with Gasteiger partial charge >= 0.3 is 0 Å². The minimum absolute atomic E-state index is 0.0313. The van der Waals surface area contributed by atoms with Crippen LogP contribution in [0, 0.1) is 17.8 Å². The van der Waals surface area contributed by atoms with E-state index in [0.717, 1.165) is 60.1 Å². The lowest BCUT2D eigenvalue weighted by Crippen LogP contribution is -2.60. The third-order valence-electron chi connectivity index (χ3n) is 14.3. The van der Waals surface area contributed by atoms with E-state index in [-0.39, 0.29) is 43.7 Å². The predicted molar refractivity (Wildman–Crippen MR) is 262 cm³/mol. The highest BCUT2D eigenvalue weighted by Crippen LogP contribution is 2.31. The lowest BCUT2D eigenvalue weighted by molar-refractivity contribution is -0.151. The molecule has 4 rings (SSSR count). The number of β-amino-alcohol motifs (C(OH)–C–C–N with tert-alkyl or cyclic N) is 1. The van der Waals surface area contributed by atoms with Gasteiger partial charge in [0.25, 0.3) is 0 Å². The third-order valence-corrected chi connectivity index (χ3v) is 14.3. The van der Waals surface area contributed by atoms with Crippen molar-refractivity contribution in [3.63, 3.8) is 0 Å². The molecule has 412 valence electrons. The van der Waals surface area contributed by atoms with Crippen LogP contribution >= 0.6 is 0 Å². The van der Waals surface area contributed by atoms with Gasteiger partial charge in [-0.05, 0) is 68.7 Å². The van der Waals surface area contributed by atoms with E-state index < -0.39 is 152 Å². The summed E-state index contributed by atoms with van der Waals surface area (Å²) in [6.07, 6.45) is -8.13. The molecule has 1 aromatic rings. The summed E-state index contributed by atoms with van der Waals surface area (Å²) in [6.45, 7) is 6.91. The number of phenols is 1. The van der Waals surface area contributed by atoms with Crippen molar-refractivity contribution in [3.05, 3.63) is 29.8 Å². The number of rotatable bonds is 28. The number of hydrogen-bond acceptors (Lipinski definition) is 17. The summed E-state index contributed by atoms with van der Waals surface area (Å²) in [4.78, 5) is 99.2. The molecule has 0 saturated carbocycles. The second kappa shape index (κ2) is 28.2. The zero-order chi connectivity index (χ0) is 54.4. The fraction of sp³-hybridized carbons (Fsp3) is 0.740. The fourth-order valence-electron chi connectivity index (χ4n) is 10.4. The number of Topliss-reactive ketones (excluding diaryl/α,β-unsaturated/α-hetero) is 1. The maximum absolute atomic E-state index is 14.4. The molecule has 6 amide bonds. The zero-order valence-electron chi connectivity index (χ0n) is 42.4. The zero-order valence-corrected chi connectivity index (χ0v) is 42.4. The molecule has 3 heterocycles. The van der Waals surface area contributed by atoms with Crippen molar-refractivity contribution in [3.8, 4) is 5.75 Å². The Hall–Kier alpha value is -4.85. The monoisotopic (exact) mass is 1040 g/mol. The van der Waals surface area contributed by atoms with Gasteiger partial charge in [0.1, 0.15) is 42.1 Å². The number of carbonyl (C=O) groups is 7. The van der Waals surface area contributed by atoms with Gasteiger partial charge in [0.15, 0.2) is 12.0 Å². The highest BCUT2D eigenvalue weighted by atomic mass is 16.4. The van der Waals surface area contributed by atoms with Gasteiger partial charge in [0, 0.05) is 38.8 Å². The standard InChI is InChI=1S/C50H81N7O16/c1-26(2)21-27(3)11-9-7-5-6-8-10-12-39(65)57-34(24-38(64)48(57)71)47(70)53-40(28(4)58)49(72)56-25-31(60)22-33(56)37(63)23-32(44(67)43(66)29-13-15-30(59)16-14-29)46(69)54-41(35(61)17-19-51)50(73)55-20-18-36(62)42(55)45(52)68/h13-16,26-28,31-36,38,40-44,48,58-62,64,66-67,71H,5-12,17-25,51H2,1-4H3,(H2,52,68)(H,53,70)(H,54,69)/t27?,28-,31-,32+,33+,34-,35-,36+,38-,40+,41+,42+,43+,44+,48?/m1/s1. The van der Waals surface area contributed by atoms with Gasteiger partial charge in [-0.3, -0.25) is 33.6 Å². The van der Waals surface area contributed by atoms with Crippen molar-refractivity contribution in [1.82, 2.24) is 25.3 Å². The molecule has 3 saturated heterocycles. The van der Waals surface area contributed by atoms with Crippen LogP contribution in [-0.2, 0) is 33.6 Å². The molecule has 15 atom stereocenters. The van der Waals surface area contributed by atoms with Crippen molar-refractivity contribution in [1.29, 1.82) is 0 Å². The van der Waals surface area contributed by atoms with Gasteiger partial charge in [-0.25, -0.2) is 0 Å². The Kier molecular flexibility index (Phi) is 23.4. The Morgan fingerprint density at radius 1 is 0.753 bits per heavy atom. The maximum atomic E-state index is 14.4. The number of benzene rings is 1. The van der Waals surface area contributed by atoms with Crippen molar-refractivity contribution in [2.75, 3.05) is 19.6 Å². The number of ketones is 1. The van der Waals surface area contributed by atoms with Crippen LogP contribution in [0.1, 0.15) is 129 Å². The number of aliphatic hydroxyl groups is 8. The van der Waals surface area contributed by atoms with E-state index in [1.165, 1.54) is 30.7 Å². The molecule has 73 heavy (non-hydrogen) atoms. The number of hydrogen-bond donors (Lipinski definition) is 13. The molecule has 23 nitrogen and oxygen atoms in total. The highest BCUT2D eigenvalue weighted by Gasteiger charge is 2.50. The average molecular weight is 1040 g/mol. The SMILES string of the molecule is CC(C)CC(C)CCCCCCCCC(=O)N1C(O)[C@H](O)C[C@@H]1C(=O)N[C@H](C(=O)N1C[C@H](O)C[C@H]1C(=O)C[C@H](C(=O)N[C@H](C(=O)N1CC[C@H](O)[C@H]1C(N)=O)[C@H](O)CCN)[C@H](O)[C@@H](O)c1ccc(O)cc1)[C@@H](C)O. The first kappa shape index (κ1) is 60.7. The van der Waals surface area contributed by atoms with Gasteiger partial charge in [0.2, 0.25) is 35.4 Å². The largest absolute Gasteiger partial charge is 0.508 e. The van der Waals surface area contributed by atoms with Crippen LogP contribution in [0.4, 0.5) is 0 Å². The molecule has 3 aliphatic heterocycles. The molecule has 3 fully saturated rings. The van der Waals surface area contributed by atoms with E-state index in [4.69, 9.17) is 11.5 Å². The van der Waals surface area contributed by atoms with Crippen LogP contribution in [0.5, 0.6) is 5.75 Å². The first-order chi connectivity index (χ1) is 34.4. The van der Waals surface area contributed by atoms with Crippen LogP contribution in [0.15, 0.2) is 24.3 Å². The number of phenolic OH excluding ortho intramolecular Hbond substituents is 1. The number of carbonyl (C=O) groups excluding carboxylic acids is 7. The van der Waals surface area contributed by atoms with Crippen molar-refractivity contribution in [2.24, 2.45) is 29.2 Å². The number of amides is 6. The normalized spacial score (nSPS) is 25.4. The lowest BCUT2D eigenvalue weighted by atomic mass is 9.86. The molecule has 1 aromatic carbocycles. The Labute approximate surface area is 426 Å². The minimum atomic E-state index is -2.18. The van der Waals surface area contributed by atoms with Crippen LogP contribution in [-0.4, -0.2) is 195 Å². The molecule has 0 aliphatic carbocycles. The molecule has 0 bridgehead atoms. The molecular weight excluding hydrogens is 955 g/mol. The Morgan fingerprint density at radius 2 is 1.37 bits per heavy atom. The average Bonchev–Trinajstić information content (AvgIpc) is 4.02. The van der Waals surface area contributed by atoms with Gasteiger partial charge in [-0.2, -0.15) is 0 Å². The fourth-order valence-corrected chi connectivity index (χ4v) is 10.4. The number of aromatic hydroxyl groups is 1. The molecule has 23 heteroatoms. The van der Waals surface area contributed by atoms with Crippen molar-refractivity contribution in [2.45, 2.75) is 197 Å². The molecule has 3 aliphatic rings. The summed E-state index contributed by atoms with van der Waals surface area (Å²) in [5.41, 5.74) is 11.1. The van der Waals surface area contributed by atoms with Crippen LogP contribution in [0.3, 0.4) is 0 Å². The summed E-state index contributed by atoms with van der Waals surface area (Å²) in [5, 5.41) is 102. The molecule has 2 unspecified atom stereocenters. The Bertz CT molecular complexity index is 2010. The van der Waals surface area contributed by atoms with Gasteiger partial charge < -0.3 is 82.8 Å². The number of aliphatic hydroxyl groups excluding tert-OH is 8. The number of nitrogens with zero attached hydrogens (tertiary/aromatic N) is 3. The van der Waals surface area contributed by atoms with E-state index in [1.807, 2.05) is 0 Å². The lowest BCUT2D eigenvalue weighted by Gasteiger charge is -2.34. The quantitative estimate of drug-likeness (QED) is 0.0400. The van der Waals surface area contributed by atoms with E-state index in [9.17, 15) is 79.5 Å². The molecular formula is C50H81N7O16. The maximum Gasteiger partial charge on any atom is 0.248 e. The third kappa shape index (κ3) is 16.3. The Morgan fingerprint density at radius 3 is 1.97 bits per heavy atom. The van der Waals surface area contributed by atoms with Crippen molar-refractivity contribution < 1.29 is 79.5 Å². The van der Waals surface area contributed by atoms with E-state index >= 15 is 0 Å². The van der Waals surface area contributed by atoms with E-state index in [0.29, 0.717) is 18.3 Å². The number of primary amides is 1. The first-order valence-electron chi connectivity index (χ1n) is 25.7. The summed E-state index contributed by atoms with van der Waals surface area (Å²) in [7, 11) is 0. The first-order valence-corrected chi connectivity index (χ1v) is 25.7. The second-order valence-corrected chi connectivity index (χ2v) is 20.7. The minimum Gasteiger partial charge on any atom is -0.508 e. The highest BCUT2D eigenvalue weighted by molar-refractivity contribution is 5.98. The van der Waals surface area contributed by atoms with Crippen LogP contribution < -0.4 is 22.1 Å².